The van der Waals surface area contributed by atoms with Crippen LogP contribution < -0.4 is 5.32 Å². The highest BCUT2D eigenvalue weighted by Gasteiger charge is 2.12. The van der Waals surface area contributed by atoms with Crippen molar-refractivity contribution >= 4 is 22.1 Å². The Balaban J connectivity index is 1.80. The Morgan fingerprint density at radius 3 is 2.71 bits per heavy atom. The predicted molar refractivity (Wildman–Crippen MR) is 90.1 cm³/mol. The summed E-state index contributed by atoms with van der Waals surface area (Å²) in [6.45, 7) is 0. The Hall–Kier alpha value is -1.84. The van der Waals surface area contributed by atoms with E-state index in [1.165, 1.54) is 4.88 Å². The van der Waals surface area contributed by atoms with Crippen LogP contribution in [0.3, 0.4) is 0 Å². The number of thiophene rings is 1. The molecule has 0 bridgehead atoms. The fourth-order valence-electron chi connectivity index (χ4n) is 2.72. The van der Waals surface area contributed by atoms with E-state index in [-0.39, 0.29) is 0 Å². The van der Waals surface area contributed by atoms with Gasteiger partial charge in [-0.05, 0) is 42.3 Å². The van der Waals surface area contributed by atoms with Gasteiger partial charge >= 0.3 is 0 Å². The molecule has 0 saturated heterocycles. The number of aryl methyl sites for hydroxylation is 1. The number of phenolic OH excluding ortho intramolecular Hbond substituents is 1. The van der Waals surface area contributed by atoms with E-state index in [9.17, 15) is 5.11 Å². The van der Waals surface area contributed by atoms with Crippen molar-refractivity contribution in [1.82, 2.24) is 5.32 Å². The molecule has 2 aromatic carbocycles. The van der Waals surface area contributed by atoms with Gasteiger partial charge in [-0.15, -0.1) is 11.3 Å². The second-order valence-corrected chi connectivity index (χ2v) is 6.17. The molecule has 1 atom stereocenters. The summed E-state index contributed by atoms with van der Waals surface area (Å²) < 4.78 is 0. The molecule has 21 heavy (non-hydrogen) atoms. The quantitative estimate of drug-likeness (QED) is 0.726. The lowest BCUT2D eigenvalue weighted by Crippen LogP contribution is -2.15. The van der Waals surface area contributed by atoms with Crippen molar-refractivity contribution in [3.05, 3.63) is 64.4 Å². The van der Waals surface area contributed by atoms with Crippen molar-refractivity contribution in [2.24, 2.45) is 0 Å². The Bertz CT molecular complexity index is 721. The molecular formula is C18H19NOS. The lowest BCUT2D eigenvalue weighted by molar-refractivity contribution is 0.469. The number of benzene rings is 2. The molecule has 1 aromatic heterocycles. The average Bonchev–Trinajstić information content (AvgIpc) is 3.04. The molecule has 0 radical (unpaired) electrons. The van der Waals surface area contributed by atoms with E-state index in [1.807, 2.05) is 37.4 Å². The third kappa shape index (κ3) is 2.94. The topological polar surface area (TPSA) is 32.3 Å². The third-order valence-electron chi connectivity index (χ3n) is 3.92. The summed E-state index contributed by atoms with van der Waals surface area (Å²) in [6, 6.07) is 16.7. The van der Waals surface area contributed by atoms with Crippen molar-refractivity contribution < 1.29 is 5.11 Å². The van der Waals surface area contributed by atoms with Crippen molar-refractivity contribution in [2.45, 2.75) is 18.9 Å². The minimum absolute atomic E-state index is 0.343. The standard InChI is InChI=1S/C18H19NOS/c1-19-16(17-7-4-12-21-17)11-10-14-9-8-13-5-2-3-6-15(13)18(14)20/h2-9,12,16,19-20H,10-11H2,1H3/t16-/m1/s1. The first kappa shape index (κ1) is 14.1. The summed E-state index contributed by atoms with van der Waals surface area (Å²) in [6.07, 6.45) is 1.84. The van der Waals surface area contributed by atoms with Crippen molar-refractivity contribution in [2.75, 3.05) is 7.05 Å². The fraction of sp³-hybridized carbons (Fsp3) is 0.222. The molecule has 2 nitrogen and oxygen atoms in total. The molecule has 0 amide bonds. The van der Waals surface area contributed by atoms with Gasteiger partial charge in [0.1, 0.15) is 5.75 Å². The van der Waals surface area contributed by atoms with Crippen molar-refractivity contribution in [3.63, 3.8) is 0 Å². The van der Waals surface area contributed by atoms with E-state index in [0.717, 1.165) is 29.2 Å². The second-order valence-electron chi connectivity index (χ2n) is 5.19. The summed E-state index contributed by atoms with van der Waals surface area (Å²) >= 11 is 1.77. The smallest absolute Gasteiger partial charge is 0.126 e. The highest BCUT2D eigenvalue weighted by atomic mass is 32.1. The van der Waals surface area contributed by atoms with E-state index in [2.05, 4.69) is 28.9 Å². The van der Waals surface area contributed by atoms with Crippen LogP contribution in [0.4, 0.5) is 0 Å². The molecule has 108 valence electrons. The van der Waals surface area contributed by atoms with Crippen LogP contribution in [0.1, 0.15) is 22.9 Å². The predicted octanol–water partition coefficient (Wildman–Crippen LogP) is 4.50. The van der Waals surface area contributed by atoms with Crippen molar-refractivity contribution in [3.8, 4) is 5.75 Å². The van der Waals surface area contributed by atoms with Gasteiger partial charge in [0.25, 0.3) is 0 Å². The molecule has 0 spiro atoms. The van der Waals surface area contributed by atoms with Crippen LogP contribution in [-0.2, 0) is 6.42 Å². The zero-order valence-corrected chi connectivity index (χ0v) is 12.9. The molecule has 2 N–H and O–H groups in total. The SMILES string of the molecule is CN[C@H](CCc1ccc2ccccc2c1O)c1cccs1. The second kappa shape index (κ2) is 6.29. The number of rotatable bonds is 5. The van der Waals surface area contributed by atoms with Gasteiger partial charge in [0.15, 0.2) is 0 Å². The van der Waals surface area contributed by atoms with Crippen LogP contribution in [0.2, 0.25) is 0 Å². The van der Waals surface area contributed by atoms with Gasteiger partial charge < -0.3 is 10.4 Å². The lowest BCUT2D eigenvalue weighted by atomic mass is 9.99. The number of aromatic hydroxyl groups is 1. The van der Waals surface area contributed by atoms with Gasteiger partial charge in [-0.3, -0.25) is 0 Å². The maximum absolute atomic E-state index is 10.4. The van der Waals surface area contributed by atoms with Gasteiger partial charge in [-0.25, -0.2) is 0 Å². The molecule has 3 aromatic rings. The first-order chi connectivity index (χ1) is 10.3. The largest absolute Gasteiger partial charge is 0.507 e. The van der Waals surface area contributed by atoms with Gasteiger partial charge in [-0.2, -0.15) is 0 Å². The van der Waals surface area contributed by atoms with Crippen LogP contribution >= 0.6 is 11.3 Å². The van der Waals surface area contributed by atoms with E-state index in [1.54, 1.807) is 11.3 Å². The summed E-state index contributed by atoms with van der Waals surface area (Å²) in [7, 11) is 1.99. The van der Waals surface area contributed by atoms with E-state index in [4.69, 9.17) is 0 Å². The molecule has 0 unspecified atom stereocenters. The Labute approximate surface area is 129 Å². The molecule has 3 rings (SSSR count). The highest BCUT2D eigenvalue weighted by molar-refractivity contribution is 7.10. The van der Waals surface area contributed by atoms with Crippen LogP contribution in [0.15, 0.2) is 53.9 Å². The summed E-state index contributed by atoms with van der Waals surface area (Å²) in [5, 5.41) is 17.9. The third-order valence-corrected chi connectivity index (χ3v) is 4.91. The van der Waals surface area contributed by atoms with Crippen molar-refractivity contribution in [1.29, 1.82) is 0 Å². The van der Waals surface area contributed by atoms with Gasteiger partial charge in [0.2, 0.25) is 0 Å². The van der Waals surface area contributed by atoms with E-state index < -0.39 is 0 Å². The monoisotopic (exact) mass is 297 g/mol. The van der Waals surface area contributed by atoms with Crippen LogP contribution in [-0.4, -0.2) is 12.2 Å². The maximum Gasteiger partial charge on any atom is 0.126 e. The van der Waals surface area contributed by atoms with E-state index in [0.29, 0.717) is 11.8 Å². The summed E-state index contributed by atoms with van der Waals surface area (Å²) in [5.41, 5.74) is 1.02. The average molecular weight is 297 g/mol. The fourth-order valence-corrected chi connectivity index (χ4v) is 3.59. The summed E-state index contributed by atoms with van der Waals surface area (Å²) in [5.74, 6) is 0.425. The first-order valence-corrected chi connectivity index (χ1v) is 8.08. The molecule has 0 fully saturated rings. The molecule has 0 saturated carbocycles. The van der Waals surface area contributed by atoms with Gasteiger partial charge in [-0.1, -0.05) is 42.5 Å². The normalized spacial score (nSPS) is 12.6. The number of hydrogen-bond acceptors (Lipinski definition) is 3. The van der Waals surface area contributed by atoms with Crippen LogP contribution in [0, 0.1) is 0 Å². The van der Waals surface area contributed by atoms with E-state index >= 15 is 0 Å². The molecule has 0 aliphatic heterocycles. The molecule has 0 aliphatic carbocycles. The lowest BCUT2D eigenvalue weighted by Gasteiger charge is -2.15. The number of phenols is 1. The molecule has 3 heteroatoms. The van der Waals surface area contributed by atoms with Crippen LogP contribution in [0.5, 0.6) is 5.75 Å². The zero-order chi connectivity index (χ0) is 14.7. The Kier molecular flexibility index (Phi) is 4.23. The van der Waals surface area contributed by atoms with Gasteiger partial charge in [0, 0.05) is 16.3 Å². The Morgan fingerprint density at radius 2 is 1.95 bits per heavy atom. The highest BCUT2D eigenvalue weighted by Crippen LogP contribution is 2.31. The number of hydrogen-bond donors (Lipinski definition) is 2. The minimum atomic E-state index is 0.343. The van der Waals surface area contributed by atoms with Gasteiger partial charge in [0.05, 0.1) is 0 Å². The Morgan fingerprint density at radius 1 is 1.10 bits per heavy atom. The molecule has 0 aliphatic rings. The number of nitrogens with one attached hydrogen (secondary N) is 1. The number of fused-ring (bicyclic) bond motifs is 1. The van der Waals surface area contributed by atoms with Crippen LogP contribution in [0.25, 0.3) is 10.8 Å². The summed E-state index contributed by atoms with van der Waals surface area (Å²) in [4.78, 5) is 1.35. The molecule has 1 heterocycles. The maximum atomic E-state index is 10.4. The zero-order valence-electron chi connectivity index (χ0n) is 12.0. The minimum Gasteiger partial charge on any atom is -0.507 e. The molecular weight excluding hydrogens is 278 g/mol. The first-order valence-electron chi connectivity index (χ1n) is 7.20.